The van der Waals surface area contributed by atoms with Crippen LogP contribution in [-0.2, 0) is 19.4 Å². The zero-order valence-electron chi connectivity index (χ0n) is 20.3. The summed E-state index contributed by atoms with van der Waals surface area (Å²) in [6.45, 7) is 9.13. The molecule has 0 aliphatic carbocycles. The zero-order valence-corrected chi connectivity index (χ0v) is 21.2. The Hall–Kier alpha value is -3.02. The van der Waals surface area contributed by atoms with E-state index in [-0.39, 0.29) is 10.8 Å². The Bertz CT molecular complexity index is 1270. The van der Waals surface area contributed by atoms with Crippen molar-refractivity contribution in [3.63, 3.8) is 0 Å². The maximum Gasteiger partial charge on any atom is 0.244 e. The molecule has 1 N–H and O–H groups in total. The number of piperazine rings is 1. The maximum atomic E-state index is 13.2. The molecule has 1 unspecified atom stereocenters. The van der Waals surface area contributed by atoms with E-state index >= 15 is 0 Å². The molecule has 0 spiro atoms. The van der Waals surface area contributed by atoms with E-state index in [4.69, 9.17) is 9.72 Å². The molecule has 0 radical (unpaired) electrons. The minimum absolute atomic E-state index is 0.0249. The van der Waals surface area contributed by atoms with Crippen LogP contribution in [0.15, 0.2) is 47.8 Å². The van der Waals surface area contributed by atoms with Gasteiger partial charge in [0.25, 0.3) is 0 Å². The van der Waals surface area contributed by atoms with E-state index in [0.29, 0.717) is 43.5 Å². The molecule has 1 aromatic carbocycles. The monoisotopic (exact) mass is 500 g/mol. The number of hydrogen-bond donors (Lipinski definition) is 1. The van der Waals surface area contributed by atoms with E-state index in [1.807, 2.05) is 23.1 Å². The quantitative estimate of drug-likeness (QED) is 0.443. The number of rotatable bonds is 9. The molecule has 10 nitrogen and oxygen atoms in total. The average Bonchev–Trinajstić information content (AvgIpc) is 3.22. The van der Waals surface area contributed by atoms with E-state index in [1.165, 1.54) is 6.26 Å². The molecule has 1 amide bonds. The Morgan fingerprint density at radius 1 is 1.17 bits per heavy atom. The van der Waals surface area contributed by atoms with Crippen molar-refractivity contribution >= 4 is 27.2 Å². The summed E-state index contributed by atoms with van der Waals surface area (Å²) in [6, 6.07) is 6.11. The molecule has 1 saturated heterocycles. The number of hydrogen-bond acceptors (Lipinski definition) is 8. The van der Waals surface area contributed by atoms with Gasteiger partial charge in [-0.05, 0) is 26.0 Å². The van der Waals surface area contributed by atoms with Gasteiger partial charge in [0.1, 0.15) is 17.6 Å². The highest BCUT2D eigenvalue weighted by molar-refractivity contribution is 7.90. The lowest BCUT2D eigenvalue weighted by molar-refractivity contribution is -0.133. The van der Waals surface area contributed by atoms with Gasteiger partial charge in [-0.2, -0.15) is 0 Å². The van der Waals surface area contributed by atoms with Crippen LogP contribution in [0.25, 0.3) is 16.9 Å². The number of nitrogens with zero attached hydrogens (tertiary/aromatic N) is 5. The van der Waals surface area contributed by atoms with E-state index < -0.39 is 15.9 Å². The highest BCUT2D eigenvalue weighted by atomic mass is 32.2. The molecule has 3 heterocycles. The second kappa shape index (κ2) is 10.7. The van der Waals surface area contributed by atoms with Crippen LogP contribution in [0.2, 0.25) is 0 Å². The molecular formula is C24H32N6O4S. The molecule has 1 aliphatic heterocycles. The van der Waals surface area contributed by atoms with Gasteiger partial charge in [0.2, 0.25) is 5.91 Å². The Morgan fingerprint density at radius 3 is 2.54 bits per heavy atom. The van der Waals surface area contributed by atoms with Crippen LogP contribution in [0.3, 0.4) is 0 Å². The Labute approximate surface area is 205 Å². The zero-order chi connectivity index (χ0) is 25.0. The third kappa shape index (κ3) is 5.80. The highest BCUT2D eigenvalue weighted by Gasteiger charge is 2.26. The first-order valence-corrected chi connectivity index (χ1v) is 13.6. The number of ether oxygens (including phenoxy) is 1. The summed E-state index contributed by atoms with van der Waals surface area (Å²) in [5, 5.41) is 3.36. The SMILES string of the molecule is CCOCCN1CCN(C(=O)C(C)Nc2c(-c3ccc(S(C)(=O)=O)cc3)nc3cnccn23)CC1. The van der Waals surface area contributed by atoms with Gasteiger partial charge in [0, 0.05) is 63.5 Å². The average molecular weight is 501 g/mol. The van der Waals surface area contributed by atoms with Crippen LogP contribution in [0, 0.1) is 0 Å². The van der Waals surface area contributed by atoms with E-state index in [1.54, 1.807) is 42.9 Å². The molecule has 188 valence electrons. The van der Waals surface area contributed by atoms with E-state index in [9.17, 15) is 13.2 Å². The summed E-state index contributed by atoms with van der Waals surface area (Å²) in [6.07, 6.45) is 6.27. The predicted octanol–water partition coefficient (Wildman–Crippen LogP) is 1.78. The molecule has 1 aliphatic rings. The minimum atomic E-state index is -3.30. The summed E-state index contributed by atoms with van der Waals surface area (Å²) in [5.41, 5.74) is 1.99. The number of carbonyl (C=O) groups excluding carboxylic acids is 1. The Kier molecular flexibility index (Phi) is 7.68. The van der Waals surface area contributed by atoms with Crippen LogP contribution >= 0.6 is 0 Å². The van der Waals surface area contributed by atoms with Crippen LogP contribution in [0.5, 0.6) is 0 Å². The first-order valence-electron chi connectivity index (χ1n) is 11.8. The standard InChI is InChI=1S/C24H32N6O4S/c1-4-34-16-15-28-11-13-29(14-12-28)24(31)18(2)26-23-22(27-21-17-25-9-10-30(21)23)19-5-7-20(8-6-19)35(3,32)33/h5-10,17-18,26H,4,11-16H2,1-3H3. The van der Waals surface area contributed by atoms with Crippen molar-refractivity contribution in [2.75, 3.05) is 57.5 Å². The summed E-state index contributed by atoms with van der Waals surface area (Å²) in [4.78, 5) is 26.5. The first-order chi connectivity index (χ1) is 16.8. The van der Waals surface area contributed by atoms with Crippen LogP contribution in [0.4, 0.5) is 5.82 Å². The van der Waals surface area contributed by atoms with Gasteiger partial charge in [-0.3, -0.25) is 19.1 Å². The number of aromatic nitrogens is 3. The second-order valence-corrected chi connectivity index (χ2v) is 10.7. The van der Waals surface area contributed by atoms with Crippen molar-refractivity contribution < 1.29 is 17.9 Å². The van der Waals surface area contributed by atoms with Gasteiger partial charge in [0.05, 0.1) is 17.7 Å². The van der Waals surface area contributed by atoms with E-state index in [0.717, 1.165) is 25.2 Å². The van der Waals surface area contributed by atoms with Crippen LogP contribution in [-0.4, -0.2) is 96.7 Å². The second-order valence-electron chi connectivity index (χ2n) is 8.64. The summed E-state index contributed by atoms with van der Waals surface area (Å²) in [5.74, 6) is 0.683. The molecular weight excluding hydrogens is 468 g/mol. The van der Waals surface area contributed by atoms with Crippen molar-refractivity contribution in [2.45, 2.75) is 24.8 Å². The molecule has 4 rings (SSSR count). The fourth-order valence-corrected chi connectivity index (χ4v) is 4.81. The van der Waals surface area contributed by atoms with Crippen LogP contribution < -0.4 is 5.32 Å². The van der Waals surface area contributed by atoms with Gasteiger partial charge in [-0.25, -0.2) is 13.4 Å². The molecule has 0 bridgehead atoms. The molecule has 11 heteroatoms. The number of anilines is 1. The Balaban J connectivity index is 1.51. The number of amides is 1. The number of imidazole rings is 1. The van der Waals surface area contributed by atoms with Gasteiger partial charge in [0.15, 0.2) is 15.5 Å². The predicted molar refractivity (Wildman–Crippen MR) is 134 cm³/mol. The summed E-state index contributed by atoms with van der Waals surface area (Å²) in [7, 11) is -3.30. The van der Waals surface area contributed by atoms with Crippen molar-refractivity contribution in [1.29, 1.82) is 0 Å². The maximum absolute atomic E-state index is 13.2. The van der Waals surface area contributed by atoms with E-state index in [2.05, 4.69) is 15.2 Å². The van der Waals surface area contributed by atoms with Crippen molar-refractivity contribution in [3.05, 3.63) is 42.9 Å². The fourth-order valence-electron chi connectivity index (χ4n) is 4.18. The lowest BCUT2D eigenvalue weighted by Crippen LogP contribution is -2.52. The molecule has 3 aromatic rings. The van der Waals surface area contributed by atoms with Gasteiger partial charge in [-0.15, -0.1) is 0 Å². The number of sulfone groups is 1. The lowest BCUT2D eigenvalue weighted by Gasteiger charge is -2.36. The number of fused-ring (bicyclic) bond motifs is 1. The topological polar surface area (TPSA) is 109 Å². The third-order valence-corrected chi connectivity index (χ3v) is 7.28. The van der Waals surface area contributed by atoms with Crippen LogP contribution in [0.1, 0.15) is 13.8 Å². The molecule has 0 saturated carbocycles. The van der Waals surface area contributed by atoms with Crippen molar-refractivity contribution in [1.82, 2.24) is 24.2 Å². The van der Waals surface area contributed by atoms with Gasteiger partial charge in [-0.1, -0.05) is 12.1 Å². The molecule has 1 atom stereocenters. The largest absolute Gasteiger partial charge is 0.380 e. The van der Waals surface area contributed by atoms with Gasteiger partial charge >= 0.3 is 0 Å². The minimum Gasteiger partial charge on any atom is -0.380 e. The highest BCUT2D eigenvalue weighted by Crippen LogP contribution is 2.30. The molecule has 35 heavy (non-hydrogen) atoms. The van der Waals surface area contributed by atoms with Gasteiger partial charge < -0.3 is 15.0 Å². The smallest absolute Gasteiger partial charge is 0.244 e. The third-order valence-electron chi connectivity index (χ3n) is 6.15. The Morgan fingerprint density at radius 2 is 1.89 bits per heavy atom. The summed E-state index contributed by atoms with van der Waals surface area (Å²) >= 11 is 0. The van der Waals surface area contributed by atoms with Crippen molar-refractivity contribution in [2.24, 2.45) is 0 Å². The number of benzene rings is 1. The number of carbonyl (C=O) groups is 1. The lowest BCUT2D eigenvalue weighted by atomic mass is 10.1. The number of nitrogens with one attached hydrogen (secondary N) is 1. The fraction of sp³-hybridized carbons (Fsp3) is 0.458. The first kappa shape index (κ1) is 25.1. The molecule has 2 aromatic heterocycles. The van der Waals surface area contributed by atoms with Crippen molar-refractivity contribution in [3.8, 4) is 11.3 Å². The normalized spacial score (nSPS) is 15.9. The molecule has 1 fully saturated rings. The summed E-state index contributed by atoms with van der Waals surface area (Å²) < 4.78 is 31.0.